The van der Waals surface area contributed by atoms with E-state index in [1.807, 2.05) is 0 Å². The van der Waals surface area contributed by atoms with Crippen molar-refractivity contribution in [2.45, 2.75) is 37.4 Å². The third kappa shape index (κ3) is 4.69. The number of hydrogen-bond donors (Lipinski definition) is 1. The molecular formula is C15H15ClF7NO3. The molecule has 0 aromatic heterocycles. The molecule has 1 aromatic carbocycles. The lowest BCUT2D eigenvalue weighted by molar-refractivity contribution is -0.344. The van der Waals surface area contributed by atoms with Gasteiger partial charge in [-0.1, -0.05) is 11.6 Å². The van der Waals surface area contributed by atoms with Crippen LogP contribution in [-0.2, 0) is 11.2 Å². The van der Waals surface area contributed by atoms with Gasteiger partial charge in [0.05, 0.1) is 19.2 Å². The van der Waals surface area contributed by atoms with Gasteiger partial charge in [0.2, 0.25) is 0 Å². The molecule has 0 spiro atoms. The van der Waals surface area contributed by atoms with Gasteiger partial charge < -0.3 is 14.8 Å². The Morgan fingerprint density at radius 3 is 2.04 bits per heavy atom. The van der Waals surface area contributed by atoms with E-state index >= 15 is 0 Å². The second kappa shape index (κ2) is 7.99. The summed E-state index contributed by atoms with van der Waals surface area (Å²) in [7, 11) is 2.56. The lowest BCUT2D eigenvalue weighted by atomic mass is 10.0. The minimum absolute atomic E-state index is 0.158. The van der Waals surface area contributed by atoms with Crippen molar-refractivity contribution < 1.29 is 45.0 Å². The molecule has 154 valence electrons. The number of carbonyl (C=O) groups excluding carboxylic acids is 1. The number of benzene rings is 1. The van der Waals surface area contributed by atoms with E-state index in [4.69, 9.17) is 21.1 Å². The van der Waals surface area contributed by atoms with Gasteiger partial charge in [0, 0.05) is 12.1 Å². The summed E-state index contributed by atoms with van der Waals surface area (Å²) in [6.45, 7) is 1.14. The van der Waals surface area contributed by atoms with Crippen LogP contribution in [0.2, 0.25) is 5.02 Å². The van der Waals surface area contributed by atoms with Crippen molar-refractivity contribution in [1.29, 1.82) is 0 Å². The molecule has 12 heteroatoms. The Morgan fingerprint density at radius 2 is 1.59 bits per heavy atom. The standard InChI is InChI=1S/C15H15ClF7NO3/c1-7(4-8-5-11(27-3)9(16)6-10(8)26-2)24-12(25)13(17,18)14(19,20)15(21,22)23/h5-7H,4H2,1-3H3,(H,24,25). The van der Waals surface area contributed by atoms with E-state index in [-0.39, 0.29) is 28.5 Å². The molecule has 1 N–H and O–H groups in total. The highest BCUT2D eigenvalue weighted by molar-refractivity contribution is 6.32. The van der Waals surface area contributed by atoms with Crippen LogP contribution in [0.3, 0.4) is 0 Å². The average Bonchev–Trinajstić information content (AvgIpc) is 2.54. The first-order valence-electron chi connectivity index (χ1n) is 7.22. The summed E-state index contributed by atoms with van der Waals surface area (Å²) in [5, 5.41) is 1.61. The number of hydrogen-bond acceptors (Lipinski definition) is 3. The molecule has 27 heavy (non-hydrogen) atoms. The van der Waals surface area contributed by atoms with Crippen molar-refractivity contribution in [3.63, 3.8) is 0 Å². The quantitative estimate of drug-likeness (QED) is 0.665. The Bertz CT molecular complexity index is 695. The van der Waals surface area contributed by atoms with E-state index in [0.717, 1.165) is 6.92 Å². The van der Waals surface area contributed by atoms with Crippen LogP contribution in [0, 0.1) is 0 Å². The van der Waals surface area contributed by atoms with Gasteiger partial charge in [0.25, 0.3) is 5.91 Å². The third-order valence-corrected chi connectivity index (χ3v) is 3.79. The first-order valence-corrected chi connectivity index (χ1v) is 7.60. The van der Waals surface area contributed by atoms with Crippen LogP contribution in [0.15, 0.2) is 12.1 Å². The zero-order chi connectivity index (χ0) is 21.2. The van der Waals surface area contributed by atoms with E-state index in [0.29, 0.717) is 0 Å². The van der Waals surface area contributed by atoms with Gasteiger partial charge in [0.1, 0.15) is 11.5 Å². The van der Waals surface area contributed by atoms with Crippen molar-refractivity contribution >= 4 is 17.5 Å². The summed E-state index contributed by atoms with van der Waals surface area (Å²) in [6.07, 6.45) is -6.83. The van der Waals surface area contributed by atoms with E-state index in [1.54, 1.807) is 0 Å². The third-order valence-electron chi connectivity index (χ3n) is 3.49. The molecular weight excluding hydrogens is 411 g/mol. The molecule has 1 unspecified atom stereocenters. The highest BCUT2D eigenvalue weighted by Crippen LogP contribution is 2.46. The molecule has 1 aromatic rings. The zero-order valence-electron chi connectivity index (χ0n) is 14.2. The highest BCUT2D eigenvalue weighted by atomic mass is 35.5. The first kappa shape index (κ1) is 23.1. The van der Waals surface area contributed by atoms with Gasteiger partial charge in [-0.25, -0.2) is 0 Å². The number of rotatable bonds is 7. The second-order valence-corrected chi connectivity index (χ2v) is 5.93. The Kier molecular flexibility index (Phi) is 6.85. The smallest absolute Gasteiger partial charge is 0.460 e. The number of methoxy groups -OCH3 is 2. The predicted octanol–water partition coefficient (Wildman–Crippen LogP) is 4.24. The molecule has 0 aliphatic carbocycles. The van der Waals surface area contributed by atoms with Gasteiger partial charge in [-0.3, -0.25) is 4.79 Å². The summed E-state index contributed by atoms with van der Waals surface area (Å²) < 4.78 is 99.0. The van der Waals surface area contributed by atoms with Crippen molar-refractivity contribution in [2.24, 2.45) is 0 Å². The molecule has 4 nitrogen and oxygen atoms in total. The number of carbonyl (C=O) groups is 1. The number of ether oxygens (including phenoxy) is 2. The van der Waals surface area contributed by atoms with Crippen molar-refractivity contribution in [2.75, 3.05) is 14.2 Å². The second-order valence-electron chi connectivity index (χ2n) is 5.52. The average molecular weight is 426 g/mol. The minimum Gasteiger partial charge on any atom is -0.496 e. The van der Waals surface area contributed by atoms with Gasteiger partial charge in [-0.05, 0) is 25.0 Å². The SMILES string of the molecule is COc1cc(CC(C)NC(=O)C(F)(F)C(F)(F)C(F)(F)F)c(OC)cc1Cl. The molecule has 0 heterocycles. The maximum Gasteiger partial charge on any atom is 0.460 e. The largest absolute Gasteiger partial charge is 0.496 e. The van der Waals surface area contributed by atoms with Crippen LogP contribution in [0.1, 0.15) is 12.5 Å². The Balaban J connectivity index is 3.00. The fourth-order valence-corrected chi connectivity index (χ4v) is 2.33. The number of halogens is 8. The minimum atomic E-state index is -6.59. The van der Waals surface area contributed by atoms with Crippen LogP contribution in [0.4, 0.5) is 30.7 Å². The predicted molar refractivity (Wildman–Crippen MR) is 81.8 cm³/mol. The van der Waals surface area contributed by atoms with Crippen molar-refractivity contribution in [1.82, 2.24) is 5.32 Å². The zero-order valence-corrected chi connectivity index (χ0v) is 14.9. The molecule has 0 aliphatic heterocycles. The van der Waals surface area contributed by atoms with E-state index in [9.17, 15) is 35.5 Å². The van der Waals surface area contributed by atoms with E-state index in [1.165, 1.54) is 31.7 Å². The monoisotopic (exact) mass is 425 g/mol. The normalized spacial score (nSPS) is 13.9. The van der Waals surface area contributed by atoms with Crippen LogP contribution < -0.4 is 14.8 Å². The lowest BCUT2D eigenvalue weighted by Crippen LogP contribution is -2.60. The fraction of sp³-hybridized carbons (Fsp3) is 0.533. The van der Waals surface area contributed by atoms with Crippen LogP contribution in [-0.4, -0.2) is 44.2 Å². The fourth-order valence-electron chi connectivity index (χ4n) is 2.10. The lowest BCUT2D eigenvalue weighted by Gasteiger charge is -2.28. The Labute approximate surface area is 154 Å². The van der Waals surface area contributed by atoms with Crippen molar-refractivity contribution in [3.05, 3.63) is 22.7 Å². The molecule has 1 amide bonds. The summed E-state index contributed by atoms with van der Waals surface area (Å²) in [5.74, 6) is -14.9. The molecule has 0 bridgehead atoms. The van der Waals surface area contributed by atoms with Gasteiger partial charge in [-0.2, -0.15) is 30.7 Å². The van der Waals surface area contributed by atoms with Crippen LogP contribution in [0.25, 0.3) is 0 Å². The molecule has 0 saturated heterocycles. The molecule has 1 atom stereocenters. The highest BCUT2D eigenvalue weighted by Gasteiger charge is 2.76. The summed E-state index contributed by atoms with van der Waals surface area (Å²) in [6, 6.07) is 1.44. The van der Waals surface area contributed by atoms with E-state index < -0.39 is 30.0 Å². The Hall–Kier alpha value is -1.91. The number of amides is 1. The van der Waals surface area contributed by atoms with Gasteiger partial charge >= 0.3 is 18.0 Å². The molecule has 0 aliphatic rings. The van der Waals surface area contributed by atoms with Crippen LogP contribution >= 0.6 is 11.6 Å². The number of alkyl halides is 7. The van der Waals surface area contributed by atoms with Gasteiger partial charge in [-0.15, -0.1) is 0 Å². The Morgan fingerprint density at radius 1 is 1.07 bits per heavy atom. The first-order chi connectivity index (χ1) is 12.2. The summed E-state index contributed by atoms with van der Waals surface area (Å²) in [5.41, 5.74) is 0.289. The van der Waals surface area contributed by atoms with Crippen LogP contribution in [0.5, 0.6) is 11.5 Å². The molecule has 0 radical (unpaired) electrons. The summed E-state index contributed by atoms with van der Waals surface area (Å²) in [4.78, 5) is 11.4. The van der Waals surface area contributed by atoms with E-state index in [2.05, 4.69) is 0 Å². The maximum atomic E-state index is 13.4. The van der Waals surface area contributed by atoms with Crippen molar-refractivity contribution in [3.8, 4) is 11.5 Å². The molecule has 1 rings (SSSR count). The molecule has 0 saturated carbocycles. The maximum absolute atomic E-state index is 13.4. The topological polar surface area (TPSA) is 47.6 Å². The summed E-state index contributed by atoms with van der Waals surface area (Å²) >= 11 is 5.89. The van der Waals surface area contributed by atoms with Gasteiger partial charge in [0.15, 0.2) is 0 Å². The number of nitrogens with one attached hydrogen (secondary N) is 1. The molecule has 0 fully saturated rings.